The predicted molar refractivity (Wildman–Crippen MR) is 138 cm³/mol. The topological polar surface area (TPSA) is 125 Å². The molecule has 2 N–H and O–H groups in total. The Labute approximate surface area is 230 Å². The first kappa shape index (κ1) is 31.2. The van der Waals surface area contributed by atoms with Gasteiger partial charge in [-0.1, -0.05) is 24.3 Å². The van der Waals surface area contributed by atoms with Crippen LogP contribution in [0.25, 0.3) is 0 Å². The highest BCUT2D eigenvalue weighted by Crippen LogP contribution is 2.39. The fourth-order valence-electron chi connectivity index (χ4n) is 4.51. The third-order valence-electron chi connectivity index (χ3n) is 6.84. The third-order valence-corrected chi connectivity index (χ3v) is 8.67. The SMILES string of the molecule is CNC(=O)CN1CC2(CCN(Cc3ccc(OC)cc3)CC2)COc2ccccc2S1(=O)=O.O=C(O)C(F)(F)F. The zero-order valence-corrected chi connectivity index (χ0v) is 22.9. The molecule has 220 valence electrons. The van der Waals surface area contributed by atoms with Crippen LogP contribution in [-0.2, 0) is 26.2 Å². The van der Waals surface area contributed by atoms with E-state index in [0.29, 0.717) is 12.4 Å². The minimum Gasteiger partial charge on any atom is -0.497 e. The normalized spacial score (nSPS) is 18.6. The number of aliphatic carboxylic acids is 1. The van der Waals surface area contributed by atoms with Gasteiger partial charge in [0.05, 0.1) is 20.3 Å². The van der Waals surface area contributed by atoms with Gasteiger partial charge in [-0.2, -0.15) is 17.5 Å². The molecule has 0 unspecified atom stereocenters. The second-order valence-electron chi connectivity index (χ2n) is 9.61. The van der Waals surface area contributed by atoms with Crippen molar-refractivity contribution in [3.8, 4) is 11.5 Å². The number of halogens is 3. The van der Waals surface area contributed by atoms with E-state index in [0.717, 1.165) is 38.2 Å². The number of methoxy groups -OCH3 is 1. The Morgan fingerprint density at radius 3 is 2.25 bits per heavy atom. The lowest BCUT2D eigenvalue weighted by molar-refractivity contribution is -0.192. The second-order valence-corrected chi connectivity index (χ2v) is 11.5. The van der Waals surface area contributed by atoms with Crippen molar-refractivity contribution in [1.29, 1.82) is 0 Å². The first-order valence-corrected chi connectivity index (χ1v) is 13.8. The number of carbonyl (C=O) groups is 2. The number of sulfonamides is 1. The molecule has 2 heterocycles. The molecule has 1 spiro atoms. The maximum atomic E-state index is 13.5. The van der Waals surface area contributed by atoms with Crippen molar-refractivity contribution in [1.82, 2.24) is 14.5 Å². The summed E-state index contributed by atoms with van der Waals surface area (Å²) in [6, 6.07) is 14.7. The number of likely N-dealkylation sites (tertiary alicyclic amines) is 1. The molecular weight excluding hydrogens is 555 g/mol. The summed E-state index contributed by atoms with van der Waals surface area (Å²) in [7, 11) is -0.698. The second kappa shape index (κ2) is 12.9. The van der Waals surface area contributed by atoms with Crippen molar-refractivity contribution in [2.75, 3.05) is 46.9 Å². The zero-order valence-electron chi connectivity index (χ0n) is 22.1. The van der Waals surface area contributed by atoms with Gasteiger partial charge in [0.15, 0.2) is 0 Å². The highest BCUT2D eigenvalue weighted by atomic mass is 32.2. The number of rotatable bonds is 5. The lowest BCUT2D eigenvalue weighted by atomic mass is 9.78. The van der Waals surface area contributed by atoms with Crippen molar-refractivity contribution in [2.45, 2.75) is 30.5 Å². The minimum atomic E-state index is -5.08. The standard InChI is InChI=1S/C24H31N3O5S.C2HF3O2/c1-25-23(28)16-27-17-24(18-32-21-5-3-4-6-22(21)33(27,29)30)11-13-26(14-12-24)15-19-7-9-20(31-2)10-8-19;3-2(4,5)1(6)7/h3-10H,11-18H2,1-2H3,(H,25,28);(H,6,7). The summed E-state index contributed by atoms with van der Waals surface area (Å²) < 4.78 is 71.3. The summed E-state index contributed by atoms with van der Waals surface area (Å²) in [5.41, 5.74) is 0.851. The molecule has 0 saturated carbocycles. The van der Waals surface area contributed by atoms with E-state index in [-0.39, 0.29) is 29.3 Å². The summed E-state index contributed by atoms with van der Waals surface area (Å²) in [5, 5.41) is 9.68. The number of piperidine rings is 1. The van der Waals surface area contributed by atoms with Crippen LogP contribution in [0.3, 0.4) is 0 Å². The molecule has 1 saturated heterocycles. The number of nitrogens with zero attached hydrogens (tertiary/aromatic N) is 2. The lowest BCUT2D eigenvalue weighted by Crippen LogP contribution is -2.53. The Balaban J connectivity index is 0.000000559. The van der Waals surface area contributed by atoms with E-state index < -0.39 is 22.2 Å². The van der Waals surface area contributed by atoms with Gasteiger partial charge in [-0.3, -0.25) is 9.69 Å². The fourth-order valence-corrected chi connectivity index (χ4v) is 6.16. The van der Waals surface area contributed by atoms with Gasteiger partial charge in [0.1, 0.15) is 16.4 Å². The van der Waals surface area contributed by atoms with Crippen LogP contribution in [0.1, 0.15) is 18.4 Å². The molecule has 0 aromatic heterocycles. The lowest BCUT2D eigenvalue weighted by Gasteiger charge is -2.44. The van der Waals surface area contributed by atoms with Crippen molar-refractivity contribution >= 4 is 21.9 Å². The molecule has 40 heavy (non-hydrogen) atoms. The number of carboxylic acids is 1. The van der Waals surface area contributed by atoms with Crippen LogP contribution in [0.4, 0.5) is 13.2 Å². The molecule has 0 atom stereocenters. The fraction of sp³-hybridized carbons (Fsp3) is 0.462. The first-order chi connectivity index (χ1) is 18.8. The van der Waals surface area contributed by atoms with Gasteiger partial charge in [-0.25, -0.2) is 13.2 Å². The number of hydrogen-bond donors (Lipinski definition) is 2. The number of carboxylic acid groups (broad SMARTS) is 1. The number of hydrogen-bond acceptors (Lipinski definition) is 7. The van der Waals surface area contributed by atoms with Crippen LogP contribution >= 0.6 is 0 Å². The summed E-state index contributed by atoms with van der Waals surface area (Å²) in [4.78, 5) is 23.6. The number of nitrogens with one attached hydrogen (secondary N) is 1. The van der Waals surface area contributed by atoms with Crippen molar-refractivity contribution < 1.29 is 45.8 Å². The molecule has 1 fully saturated rings. The van der Waals surface area contributed by atoms with Gasteiger partial charge >= 0.3 is 12.1 Å². The summed E-state index contributed by atoms with van der Waals surface area (Å²) in [5.74, 6) is -1.91. The number of fused-ring (bicyclic) bond motifs is 1. The molecule has 1 amide bonds. The molecule has 2 aromatic rings. The quantitative estimate of drug-likeness (QED) is 0.547. The Morgan fingerprint density at radius 2 is 1.70 bits per heavy atom. The van der Waals surface area contributed by atoms with Crippen molar-refractivity contribution in [3.63, 3.8) is 0 Å². The minimum absolute atomic E-state index is 0.112. The van der Waals surface area contributed by atoms with Gasteiger partial charge in [-0.15, -0.1) is 0 Å². The Hall–Kier alpha value is -3.36. The predicted octanol–water partition coefficient (Wildman–Crippen LogP) is 2.74. The molecule has 2 aliphatic rings. The summed E-state index contributed by atoms with van der Waals surface area (Å²) in [6.45, 7) is 2.94. The number of likely N-dealkylation sites (N-methyl/N-ethyl adjacent to an activating group) is 1. The molecular formula is C26H32F3N3O7S. The van der Waals surface area contributed by atoms with Gasteiger partial charge in [0.25, 0.3) is 0 Å². The van der Waals surface area contributed by atoms with Crippen LogP contribution in [0.15, 0.2) is 53.4 Å². The first-order valence-electron chi connectivity index (χ1n) is 12.4. The maximum absolute atomic E-state index is 13.5. The van der Waals surface area contributed by atoms with Crippen LogP contribution in [0.2, 0.25) is 0 Å². The molecule has 0 radical (unpaired) electrons. The average Bonchev–Trinajstić information content (AvgIpc) is 2.92. The molecule has 4 rings (SSSR count). The van der Waals surface area contributed by atoms with Gasteiger partial charge in [0.2, 0.25) is 15.9 Å². The van der Waals surface area contributed by atoms with E-state index in [4.69, 9.17) is 19.4 Å². The smallest absolute Gasteiger partial charge is 0.490 e. The molecule has 14 heteroatoms. The van der Waals surface area contributed by atoms with E-state index in [1.807, 2.05) is 12.1 Å². The number of amides is 1. The largest absolute Gasteiger partial charge is 0.497 e. The van der Waals surface area contributed by atoms with Gasteiger partial charge in [-0.05, 0) is 55.8 Å². The molecule has 10 nitrogen and oxygen atoms in total. The number of para-hydroxylation sites is 1. The molecule has 0 aliphatic carbocycles. The third kappa shape index (κ3) is 7.86. The van der Waals surface area contributed by atoms with E-state index >= 15 is 0 Å². The monoisotopic (exact) mass is 587 g/mol. The van der Waals surface area contributed by atoms with E-state index in [2.05, 4.69) is 22.3 Å². The van der Waals surface area contributed by atoms with Crippen LogP contribution < -0.4 is 14.8 Å². The summed E-state index contributed by atoms with van der Waals surface area (Å²) in [6.07, 6.45) is -3.52. The van der Waals surface area contributed by atoms with Gasteiger partial charge in [0, 0.05) is 25.6 Å². The van der Waals surface area contributed by atoms with Crippen LogP contribution in [0, 0.1) is 5.41 Å². The Morgan fingerprint density at radius 1 is 1.10 bits per heavy atom. The van der Waals surface area contributed by atoms with Crippen LogP contribution in [-0.4, -0.2) is 87.7 Å². The Kier molecular flexibility index (Phi) is 10.0. The Bertz CT molecular complexity index is 1280. The van der Waals surface area contributed by atoms with E-state index in [9.17, 15) is 26.4 Å². The van der Waals surface area contributed by atoms with Crippen molar-refractivity contribution in [3.05, 3.63) is 54.1 Å². The van der Waals surface area contributed by atoms with E-state index in [1.54, 1.807) is 25.3 Å². The highest BCUT2D eigenvalue weighted by Gasteiger charge is 2.43. The number of carbonyl (C=O) groups excluding carboxylic acids is 1. The molecule has 0 bridgehead atoms. The van der Waals surface area contributed by atoms with Crippen molar-refractivity contribution in [2.24, 2.45) is 5.41 Å². The zero-order chi connectivity index (χ0) is 29.6. The number of ether oxygens (including phenoxy) is 2. The van der Waals surface area contributed by atoms with E-state index in [1.165, 1.54) is 23.0 Å². The maximum Gasteiger partial charge on any atom is 0.490 e. The molecule has 2 aliphatic heterocycles. The number of alkyl halides is 3. The summed E-state index contributed by atoms with van der Waals surface area (Å²) >= 11 is 0. The average molecular weight is 588 g/mol. The van der Waals surface area contributed by atoms with Crippen LogP contribution in [0.5, 0.6) is 11.5 Å². The van der Waals surface area contributed by atoms with Gasteiger partial charge < -0.3 is 19.9 Å². The molecule has 2 aromatic carbocycles. The number of benzene rings is 2. The highest BCUT2D eigenvalue weighted by molar-refractivity contribution is 7.89.